The van der Waals surface area contributed by atoms with Crippen molar-refractivity contribution in [2.75, 3.05) is 38.0 Å². The van der Waals surface area contributed by atoms with Crippen LogP contribution < -0.4 is 10.6 Å². The number of nitrogens with one attached hydrogen (secondary N) is 2. The Hall–Kier alpha value is -0.810. The molecule has 2 N–H and O–H groups in total. The van der Waals surface area contributed by atoms with E-state index in [1.165, 1.54) is 0 Å². The Labute approximate surface area is 138 Å². The topological polar surface area (TPSA) is 44.4 Å². The average Bonchev–Trinajstić information content (AvgIpc) is 2.43. The van der Waals surface area contributed by atoms with Gasteiger partial charge in [0.1, 0.15) is 0 Å². The molecule has 1 rings (SSSR count). The molecule has 0 saturated heterocycles. The average molecular weight is 334 g/mol. The van der Waals surface area contributed by atoms with Gasteiger partial charge in [-0.1, -0.05) is 37.6 Å². The van der Waals surface area contributed by atoms with Gasteiger partial charge in [-0.3, -0.25) is 4.79 Å². The normalized spacial score (nSPS) is 10.3. The van der Waals surface area contributed by atoms with Crippen LogP contribution in [0.25, 0.3) is 0 Å². The molecule has 0 aliphatic carbocycles. The summed E-state index contributed by atoms with van der Waals surface area (Å²) >= 11 is 6.07. The first kappa shape index (κ1) is 20.2. The Kier molecular flexibility index (Phi) is 10.4. The van der Waals surface area contributed by atoms with Crippen molar-refractivity contribution in [2.45, 2.75) is 20.8 Å². The number of carbonyl (C=O) groups excluding carboxylic acids is 1. The molecule has 0 unspecified atom stereocenters. The molecule has 0 atom stereocenters. The second-order valence-electron chi connectivity index (χ2n) is 4.68. The fraction of sp³-hybridized carbons (Fsp3) is 0.533. The lowest BCUT2D eigenvalue weighted by Gasteiger charge is -2.18. The van der Waals surface area contributed by atoms with Crippen molar-refractivity contribution in [1.82, 2.24) is 10.2 Å². The van der Waals surface area contributed by atoms with Gasteiger partial charge in [0.05, 0.1) is 17.3 Å². The van der Waals surface area contributed by atoms with Crippen LogP contribution in [0.4, 0.5) is 5.69 Å². The van der Waals surface area contributed by atoms with Gasteiger partial charge in [0.2, 0.25) is 5.91 Å². The maximum atomic E-state index is 11.9. The highest BCUT2D eigenvalue weighted by Crippen LogP contribution is 2.24. The lowest BCUT2D eigenvalue weighted by molar-refractivity contribution is -0.115. The summed E-state index contributed by atoms with van der Waals surface area (Å²) in [5.41, 5.74) is 1.67. The summed E-state index contributed by atoms with van der Waals surface area (Å²) in [7, 11) is 0. The van der Waals surface area contributed by atoms with E-state index >= 15 is 0 Å². The van der Waals surface area contributed by atoms with E-state index in [0.29, 0.717) is 17.3 Å². The molecule has 4 nitrogen and oxygen atoms in total. The zero-order valence-electron chi connectivity index (χ0n) is 12.9. The van der Waals surface area contributed by atoms with Gasteiger partial charge >= 0.3 is 0 Å². The van der Waals surface area contributed by atoms with Gasteiger partial charge in [-0.05, 0) is 31.6 Å². The van der Waals surface area contributed by atoms with E-state index < -0.39 is 0 Å². The van der Waals surface area contributed by atoms with Crippen molar-refractivity contribution >= 4 is 35.6 Å². The van der Waals surface area contributed by atoms with Crippen molar-refractivity contribution in [3.8, 4) is 0 Å². The van der Waals surface area contributed by atoms with E-state index in [9.17, 15) is 4.79 Å². The summed E-state index contributed by atoms with van der Waals surface area (Å²) in [6, 6.07) is 5.57. The smallest absolute Gasteiger partial charge is 0.238 e. The monoisotopic (exact) mass is 333 g/mol. The number of hydrogen-bond acceptors (Lipinski definition) is 3. The quantitative estimate of drug-likeness (QED) is 0.719. The number of likely N-dealkylation sites (N-methyl/N-ethyl adjacent to an activating group) is 1. The van der Waals surface area contributed by atoms with Crippen LogP contribution in [0.1, 0.15) is 19.4 Å². The highest BCUT2D eigenvalue weighted by molar-refractivity contribution is 6.33. The maximum Gasteiger partial charge on any atom is 0.238 e. The molecule has 0 aliphatic heterocycles. The van der Waals surface area contributed by atoms with E-state index in [2.05, 4.69) is 29.4 Å². The van der Waals surface area contributed by atoms with Crippen molar-refractivity contribution in [3.05, 3.63) is 28.8 Å². The minimum atomic E-state index is -0.0688. The van der Waals surface area contributed by atoms with Crippen LogP contribution in [-0.2, 0) is 4.79 Å². The van der Waals surface area contributed by atoms with E-state index in [-0.39, 0.29) is 18.3 Å². The molecule has 1 aromatic rings. The lowest BCUT2D eigenvalue weighted by Crippen LogP contribution is -2.35. The zero-order chi connectivity index (χ0) is 15.0. The number of benzene rings is 1. The molecule has 0 spiro atoms. The third kappa shape index (κ3) is 7.14. The second-order valence-corrected chi connectivity index (χ2v) is 5.09. The molecular weight excluding hydrogens is 309 g/mol. The molecule has 21 heavy (non-hydrogen) atoms. The van der Waals surface area contributed by atoms with E-state index in [0.717, 1.165) is 31.7 Å². The summed E-state index contributed by atoms with van der Waals surface area (Å²) in [6.07, 6.45) is 0. The molecule has 0 radical (unpaired) electrons. The molecule has 6 heteroatoms. The van der Waals surface area contributed by atoms with Crippen LogP contribution in [0.15, 0.2) is 18.2 Å². The fourth-order valence-electron chi connectivity index (χ4n) is 1.95. The van der Waals surface area contributed by atoms with Crippen LogP contribution >= 0.6 is 24.0 Å². The first-order chi connectivity index (χ1) is 9.58. The van der Waals surface area contributed by atoms with Crippen molar-refractivity contribution in [1.29, 1.82) is 0 Å². The van der Waals surface area contributed by atoms with Gasteiger partial charge in [0, 0.05) is 13.1 Å². The van der Waals surface area contributed by atoms with Crippen LogP contribution in [0.3, 0.4) is 0 Å². The third-order valence-electron chi connectivity index (χ3n) is 3.27. The summed E-state index contributed by atoms with van der Waals surface area (Å²) in [5, 5.41) is 6.57. The minimum Gasteiger partial charge on any atom is -0.323 e. The zero-order valence-corrected chi connectivity index (χ0v) is 14.5. The Bertz CT molecular complexity index is 417. The number of halogens is 2. The predicted molar refractivity (Wildman–Crippen MR) is 92.7 cm³/mol. The predicted octanol–water partition coefficient (Wildman–Crippen LogP) is 2.94. The molecular formula is C15H25Cl2N3O. The third-order valence-corrected chi connectivity index (χ3v) is 3.59. The van der Waals surface area contributed by atoms with E-state index in [4.69, 9.17) is 11.6 Å². The second kappa shape index (κ2) is 10.9. The molecule has 0 fully saturated rings. The highest BCUT2D eigenvalue weighted by atomic mass is 35.5. The van der Waals surface area contributed by atoms with Crippen molar-refractivity contribution in [2.24, 2.45) is 0 Å². The Morgan fingerprint density at radius 2 is 1.95 bits per heavy atom. The van der Waals surface area contributed by atoms with Gasteiger partial charge in [0.15, 0.2) is 0 Å². The Balaban J connectivity index is 0.00000400. The maximum absolute atomic E-state index is 11.9. The number of anilines is 1. The standard InChI is InChI=1S/C15H24ClN3O.ClH/c1-4-19(5-2)10-9-17-11-14(20)18-15-12(3)7-6-8-13(15)16;/h6-8,17H,4-5,9-11H2,1-3H3,(H,18,20);1H. The first-order valence-corrected chi connectivity index (χ1v) is 7.44. The van der Waals surface area contributed by atoms with Gasteiger partial charge in [-0.15, -0.1) is 12.4 Å². The fourth-order valence-corrected chi connectivity index (χ4v) is 2.22. The van der Waals surface area contributed by atoms with Crippen molar-refractivity contribution < 1.29 is 4.79 Å². The summed E-state index contributed by atoms with van der Waals surface area (Å²) in [4.78, 5) is 14.2. The number of amides is 1. The number of rotatable bonds is 8. The van der Waals surface area contributed by atoms with Gasteiger partial charge in [-0.25, -0.2) is 0 Å². The molecule has 1 amide bonds. The first-order valence-electron chi connectivity index (χ1n) is 7.06. The van der Waals surface area contributed by atoms with Crippen molar-refractivity contribution in [3.63, 3.8) is 0 Å². The molecule has 0 bridgehead atoms. The molecule has 120 valence electrons. The van der Waals surface area contributed by atoms with Gasteiger partial charge in [0.25, 0.3) is 0 Å². The number of aryl methyl sites for hydroxylation is 1. The Morgan fingerprint density at radius 1 is 1.29 bits per heavy atom. The molecule has 1 aromatic carbocycles. The van der Waals surface area contributed by atoms with Crippen LogP contribution in [-0.4, -0.2) is 43.5 Å². The number of para-hydroxylation sites is 1. The molecule has 0 saturated carbocycles. The SMILES string of the molecule is CCN(CC)CCNCC(=O)Nc1c(C)cccc1Cl.Cl. The summed E-state index contributed by atoms with van der Waals surface area (Å²) in [6.45, 7) is 10.3. The summed E-state index contributed by atoms with van der Waals surface area (Å²) < 4.78 is 0. The minimum absolute atomic E-state index is 0. The molecule has 0 aliphatic rings. The van der Waals surface area contributed by atoms with Gasteiger partial charge < -0.3 is 15.5 Å². The summed E-state index contributed by atoms with van der Waals surface area (Å²) in [5.74, 6) is -0.0688. The lowest BCUT2D eigenvalue weighted by atomic mass is 10.2. The molecule has 0 heterocycles. The number of carbonyl (C=O) groups is 1. The number of hydrogen-bond donors (Lipinski definition) is 2. The van der Waals surface area contributed by atoms with Crippen LogP contribution in [0.2, 0.25) is 5.02 Å². The van der Waals surface area contributed by atoms with Crippen LogP contribution in [0, 0.1) is 6.92 Å². The highest BCUT2D eigenvalue weighted by Gasteiger charge is 2.08. The molecule has 0 aromatic heterocycles. The Morgan fingerprint density at radius 3 is 2.52 bits per heavy atom. The van der Waals surface area contributed by atoms with E-state index in [1.807, 2.05) is 19.1 Å². The van der Waals surface area contributed by atoms with Crippen LogP contribution in [0.5, 0.6) is 0 Å². The largest absolute Gasteiger partial charge is 0.323 e. The van der Waals surface area contributed by atoms with Gasteiger partial charge in [-0.2, -0.15) is 0 Å². The van der Waals surface area contributed by atoms with E-state index in [1.54, 1.807) is 6.07 Å². The number of nitrogens with zero attached hydrogens (tertiary/aromatic N) is 1.